The number of hydrogen-bond acceptors (Lipinski definition) is 4. The molecule has 0 saturated carbocycles. The number of benzene rings is 1. The van der Waals surface area contributed by atoms with Gasteiger partial charge in [-0.1, -0.05) is 22.0 Å². The molecule has 2 heterocycles. The van der Waals surface area contributed by atoms with Crippen LogP contribution in [-0.4, -0.2) is 55.5 Å². The van der Waals surface area contributed by atoms with Crippen LogP contribution in [0.25, 0.3) is 0 Å². The van der Waals surface area contributed by atoms with Gasteiger partial charge in [-0.25, -0.2) is 13.2 Å². The summed E-state index contributed by atoms with van der Waals surface area (Å²) in [7, 11) is -3.49. The first kappa shape index (κ1) is 16.7. The smallest absolute Gasteiger partial charge is 0.410 e. The second-order valence-corrected chi connectivity index (χ2v) is 8.78. The molecule has 1 aromatic carbocycles. The molecule has 0 bridgehead atoms. The lowest BCUT2D eigenvalue weighted by Crippen LogP contribution is -2.49. The number of piperidine rings is 1. The van der Waals surface area contributed by atoms with E-state index in [9.17, 15) is 13.2 Å². The third-order valence-corrected chi connectivity index (χ3v) is 6.77. The Balaban J connectivity index is 1.70. The van der Waals surface area contributed by atoms with Gasteiger partial charge in [0.05, 0.1) is 10.9 Å². The number of rotatable bonds is 3. The van der Waals surface area contributed by atoms with Gasteiger partial charge in [0, 0.05) is 23.6 Å². The van der Waals surface area contributed by atoms with E-state index in [-0.39, 0.29) is 18.2 Å². The van der Waals surface area contributed by atoms with Crippen molar-refractivity contribution in [2.24, 2.45) is 0 Å². The van der Waals surface area contributed by atoms with Crippen molar-refractivity contribution in [1.29, 1.82) is 0 Å². The molecule has 0 radical (unpaired) electrons. The van der Waals surface area contributed by atoms with E-state index in [0.29, 0.717) is 37.4 Å². The van der Waals surface area contributed by atoms with Gasteiger partial charge in [0.2, 0.25) is 10.0 Å². The maximum absolute atomic E-state index is 12.7. The Hall–Kier alpha value is -1.12. The van der Waals surface area contributed by atoms with E-state index in [1.54, 1.807) is 29.2 Å². The van der Waals surface area contributed by atoms with Crippen LogP contribution in [0.15, 0.2) is 33.6 Å². The van der Waals surface area contributed by atoms with Gasteiger partial charge in [-0.15, -0.1) is 0 Å². The Bertz CT molecular complexity index is 701. The average Bonchev–Trinajstić information content (AvgIpc) is 2.86. The molecular formula is C15H19BrN2O4S. The highest BCUT2D eigenvalue weighted by molar-refractivity contribution is 9.10. The predicted molar refractivity (Wildman–Crippen MR) is 88.6 cm³/mol. The van der Waals surface area contributed by atoms with E-state index in [1.165, 1.54) is 4.31 Å². The van der Waals surface area contributed by atoms with Gasteiger partial charge < -0.3 is 4.74 Å². The summed E-state index contributed by atoms with van der Waals surface area (Å²) >= 11 is 3.31. The fourth-order valence-electron chi connectivity index (χ4n) is 3.17. The van der Waals surface area contributed by atoms with Gasteiger partial charge in [0.1, 0.15) is 6.61 Å². The third-order valence-electron chi connectivity index (χ3n) is 4.38. The first-order valence-corrected chi connectivity index (χ1v) is 9.83. The Morgan fingerprint density at radius 2 is 1.96 bits per heavy atom. The summed E-state index contributed by atoms with van der Waals surface area (Å²) in [5.41, 5.74) is 0. The molecule has 0 N–H and O–H groups in total. The molecule has 0 aromatic heterocycles. The molecule has 3 rings (SSSR count). The number of ether oxygens (including phenoxy) is 1. The summed E-state index contributed by atoms with van der Waals surface area (Å²) in [4.78, 5) is 13.8. The molecule has 1 aromatic rings. The monoisotopic (exact) mass is 402 g/mol. The van der Waals surface area contributed by atoms with Crippen molar-refractivity contribution in [1.82, 2.24) is 9.21 Å². The number of carbonyl (C=O) groups is 1. The molecule has 0 aliphatic carbocycles. The molecule has 6 nitrogen and oxygen atoms in total. The van der Waals surface area contributed by atoms with Gasteiger partial charge >= 0.3 is 6.09 Å². The summed E-state index contributed by atoms with van der Waals surface area (Å²) < 4.78 is 32.7. The standard InChI is InChI=1S/C15H19BrN2O4S/c1-11-10-22-15(19)18(11)13-5-7-17(8-6-13)23(20,21)14-4-2-3-12(16)9-14/h2-4,9,11,13H,5-8,10H2,1H3. The number of cyclic esters (lactones) is 1. The van der Waals surface area contributed by atoms with Crippen molar-refractivity contribution in [3.05, 3.63) is 28.7 Å². The molecule has 0 spiro atoms. The van der Waals surface area contributed by atoms with Crippen molar-refractivity contribution in [3.63, 3.8) is 0 Å². The average molecular weight is 403 g/mol. The summed E-state index contributed by atoms with van der Waals surface area (Å²) in [6.07, 6.45) is 0.977. The topological polar surface area (TPSA) is 66.9 Å². The lowest BCUT2D eigenvalue weighted by Gasteiger charge is -2.36. The highest BCUT2D eigenvalue weighted by Gasteiger charge is 2.39. The second-order valence-electron chi connectivity index (χ2n) is 5.93. The van der Waals surface area contributed by atoms with E-state index in [2.05, 4.69) is 15.9 Å². The van der Waals surface area contributed by atoms with Crippen LogP contribution in [0.2, 0.25) is 0 Å². The Morgan fingerprint density at radius 3 is 2.52 bits per heavy atom. The summed E-state index contributed by atoms with van der Waals surface area (Å²) in [5.74, 6) is 0. The molecular weight excluding hydrogens is 384 g/mol. The minimum Gasteiger partial charge on any atom is -0.447 e. The Kier molecular flexibility index (Phi) is 4.66. The Labute approximate surface area is 144 Å². The zero-order valence-electron chi connectivity index (χ0n) is 12.8. The fraction of sp³-hybridized carbons (Fsp3) is 0.533. The van der Waals surface area contributed by atoms with Crippen LogP contribution >= 0.6 is 15.9 Å². The highest BCUT2D eigenvalue weighted by Crippen LogP contribution is 2.27. The fourth-order valence-corrected chi connectivity index (χ4v) is 5.24. The third kappa shape index (κ3) is 3.25. The van der Waals surface area contributed by atoms with Crippen LogP contribution < -0.4 is 0 Å². The van der Waals surface area contributed by atoms with Crippen LogP contribution in [-0.2, 0) is 14.8 Å². The molecule has 8 heteroatoms. The summed E-state index contributed by atoms with van der Waals surface area (Å²) in [5, 5.41) is 0. The van der Waals surface area contributed by atoms with Crippen LogP contribution in [0.3, 0.4) is 0 Å². The zero-order valence-corrected chi connectivity index (χ0v) is 15.2. The number of halogens is 1. The molecule has 2 saturated heterocycles. The molecule has 2 aliphatic rings. The molecule has 23 heavy (non-hydrogen) atoms. The number of amides is 1. The zero-order chi connectivity index (χ0) is 16.6. The van der Waals surface area contributed by atoms with E-state index >= 15 is 0 Å². The van der Waals surface area contributed by atoms with E-state index in [0.717, 1.165) is 4.47 Å². The predicted octanol–water partition coefficient (Wildman–Crippen LogP) is 2.44. The molecule has 2 aliphatic heterocycles. The van der Waals surface area contributed by atoms with Crippen molar-refractivity contribution in [2.45, 2.75) is 36.7 Å². The minimum atomic E-state index is -3.49. The quantitative estimate of drug-likeness (QED) is 0.778. The number of nitrogens with zero attached hydrogens (tertiary/aromatic N) is 2. The lowest BCUT2D eigenvalue weighted by atomic mass is 10.0. The van der Waals surface area contributed by atoms with Crippen molar-refractivity contribution < 1.29 is 17.9 Å². The number of hydrogen-bond donors (Lipinski definition) is 0. The molecule has 1 amide bonds. The van der Waals surface area contributed by atoms with Gasteiger partial charge in [0.15, 0.2) is 0 Å². The molecule has 126 valence electrons. The number of sulfonamides is 1. The maximum Gasteiger partial charge on any atom is 0.410 e. The van der Waals surface area contributed by atoms with E-state index in [4.69, 9.17) is 4.74 Å². The Morgan fingerprint density at radius 1 is 1.26 bits per heavy atom. The van der Waals surface area contributed by atoms with E-state index in [1.807, 2.05) is 6.92 Å². The second kappa shape index (κ2) is 6.41. The normalized spacial score (nSPS) is 24.0. The van der Waals surface area contributed by atoms with Gasteiger partial charge in [0.25, 0.3) is 0 Å². The summed E-state index contributed by atoms with van der Waals surface area (Å²) in [6.45, 7) is 3.19. The lowest BCUT2D eigenvalue weighted by molar-refractivity contribution is 0.127. The first-order chi connectivity index (χ1) is 10.9. The van der Waals surface area contributed by atoms with Crippen LogP contribution in [0.4, 0.5) is 4.79 Å². The first-order valence-electron chi connectivity index (χ1n) is 7.60. The van der Waals surface area contributed by atoms with Crippen LogP contribution in [0.1, 0.15) is 19.8 Å². The van der Waals surface area contributed by atoms with Crippen molar-refractivity contribution in [2.75, 3.05) is 19.7 Å². The van der Waals surface area contributed by atoms with Gasteiger partial charge in [-0.2, -0.15) is 4.31 Å². The molecule has 1 unspecified atom stereocenters. The SMILES string of the molecule is CC1COC(=O)N1C1CCN(S(=O)(=O)c2cccc(Br)c2)CC1. The summed E-state index contributed by atoms with van der Waals surface area (Å²) in [6, 6.07) is 6.83. The molecule has 2 fully saturated rings. The largest absolute Gasteiger partial charge is 0.447 e. The number of carbonyl (C=O) groups excluding carboxylic acids is 1. The van der Waals surface area contributed by atoms with Gasteiger partial charge in [-0.3, -0.25) is 4.90 Å². The van der Waals surface area contributed by atoms with Crippen LogP contribution in [0, 0.1) is 0 Å². The van der Waals surface area contributed by atoms with Crippen molar-refractivity contribution >= 4 is 32.0 Å². The maximum atomic E-state index is 12.7. The van der Waals surface area contributed by atoms with E-state index < -0.39 is 10.0 Å². The van der Waals surface area contributed by atoms with Gasteiger partial charge in [-0.05, 0) is 38.0 Å². The highest BCUT2D eigenvalue weighted by atomic mass is 79.9. The van der Waals surface area contributed by atoms with Crippen molar-refractivity contribution in [3.8, 4) is 0 Å². The minimum absolute atomic E-state index is 0.0500. The van der Waals surface area contributed by atoms with Crippen LogP contribution in [0.5, 0.6) is 0 Å². The molecule has 1 atom stereocenters.